The smallest absolute Gasteiger partial charge is 0.253 e. The van der Waals surface area contributed by atoms with E-state index >= 15 is 0 Å². The number of nitrogens with two attached hydrogens (primary N) is 1. The van der Waals surface area contributed by atoms with Gasteiger partial charge in [0, 0.05) is 11.9 Å². The Kier molecular flexibility index (Phi) is 3.45. The summed E-state index contributed by atoms with van der Waals surface area (Å²) in [6, 6.07) is 3.07. The highest BCUT2D eigenvalue weighted by atomic mass is 16.4. The molecule has 0 radical (unpaired) electrons. The van der Waals surface area contributed by atoms with Gasteiger partial charge in [-0.25, -0.2) is 0 Å². The van der Waals surface area contributed by atoms with E-state index in [0.717, 1.165) is 18.5 Å². The van der Waals surface area contributed by atoms with E-state index in [1.807, 2.05) is 6.92 Å². The standard InChI is InChI=1S/C12H16N4O2/c1-7-2-3-9(6-14-7)12(17)15-10(8-4-5-8)11(13)16-18/h2-3,6,8,10,18H,4-5H2,1H3,(H2,13,16)(H,15,17). The molecular weight excluding hydrogens is 232 g/mol. The van der Waals surface area contributed by atoms with E-state index in [1.54, 1.807) is 12.1 Å². The number of nitrogens with one attached hydrogen (secondary N) is 1. The summed E-state index contributed by atoms with van der Waals surface area (Å²) in [5.74, 6) is 0.0557. The van der Waals surface area contributed by atoms with Crippen LogP contribution in [0.2, 0.25) is 0 Å². The van der Waals surface area contributed by atoms with Crippen LogP contribution < -0.4 is 11.1 Å². The Balaban J connectivity index is 2.07. The Morgan fingerprint density at radius 3 is 2.83 bits per heavy atom. The largest absolute Gasteiger partial charge is 0.409 e. The van der Waals surface area contributed by atoms with E-state index in [4.69, 9.17) is 10.9 Å². The van der Waals surface area contributed by atoms with Crippen molar-refractivity contribution < 1.29 is 10.0 Å². The highest BCUT2D eigenvalue weighted by molar-refractivity contribution is 5.98. The van der Waals surface area contributed by atoms with Crippen molar-refractivity contribution in [2.45, 2.75) is 25.8 Å². The molecule has 1 fully saturated rings. The normalized spacial score (nSPS) is 17.3. The van der Waals surface area contributed by atoms with Crippen LogP contribution in [0.25, 0.3) is 0 Å². The first kappa shape index (κ1) is 12.3. The van der Waals surface area contributed by atoms with Gasteiger partial charge in [0.2, 0.25) is 0 Å². The number of rotatable bonds is 4. The second-order valence-electron chi connectivity index (χ2n) is 4.50. The van der Waals surface area contributed by atoms with Gasteiger partial charge in [-0.05, 0) is 37.8 Å². The third kappa shape index (κ3) is 2.77. The van der Waals surface area contributed by atoms with Crippen molar-refractivity contribution in [1.29, 1.82) is 0 Å². The number of oxime groups is 1. The van der Waals surface area contributed by atoms with E-state index in [9.17, 15) is 4.79 Å². The molecule has 0 saturated heterocycles. The molecule has 2 rings (SSSR count). The van der Waals surface area contributed by atoms with Crippen LogP contribution in [0.3, 0.4) is 0 Å². The van der Waals surface area contributed by atoms with Crippen molar-refractivity contribution in [2.24, 2.45) is 16.8 Å². The summed E-state index contributed by atoms with van der Waals surface area (Å²) in [7, 11) is 0. The van der Waals surface area contributed by atoms with E-state index in [0.29, 0.717) is 5.56 Å². The summed E-state index contributed by atoms with van der Waals surface area (Å²) in [6.07, 6.45) is 3.47. The minimum Gasteiger partial charge on any atom is -0.409 e. The average molecular weight is 248 g/mol. The number of hydrogen-bond donors (Lipinski definition) is 3. The molecule has 1 aromatic heterocycles. The van der Waals surface area contributed by atoms with Gasteiger partial charge >= 0.3 is 0 Å². The monoisotopic (exact) mass is 248 g/mol. The van der Waals surface area contributed by atoms with Gasteiger partial charge in [-0.1, -0.05) is 5.16 Å². The van der Waals surface area contributed by atoms with E-state index < -0.39 is 6.04 Å². The lowest BCUT2D eigenvalue weighted by atomic mass is 10.1. The maximum Gasteiger partial charge on any atom is 0.253 e. The predicted molar refractivity (Wildman–Crippen MR) is 66.4 cm³/mol. The number of aromatic nitrogens is 1. The van der Waals surface area contributed by atoms with Crippen LogP contribution in [-0.4, -0.2) is 28.0 Å². The summed E-state index contributed by atoms with van der Waals surface area (Å²) >= 11 is 0. The van der Waals surface area contributed by atoms with Crippen LogP contribution in [0.4, 0.5) is 0 Å². The van der Waals surface area contributed by atoms with Crippen LogP contribution in [0, 0.1) is 12.8 Å². The zero-order valence-corrected chi connectivity index (χ0v) is 10.1. The number of carbonyl (C=O) groups excluding carboxylic acids is 1. The van der Waals surface area contributed by atoms with E-state index in [-0.39, 0.29) is 17.7 Å². The maximum absolute atomic E-state index is 12.0. The molecule has 1 amide bonds. The van der Waals surface area contributed by atoms with E-state index in [1.165, 1.54) is 6.20 Å². The average Bonchev–Trinajstić information content (AvgIpc) is 3.20. The third-order valence-electron chi connectivity index (χ3n) is 2.99. The Labute approximate surface area is 105 Å². The van der Waals surface area contributed by atoms with Crippen LogP contribution in [0.1, 0.15) is 28.9 Å². The fourth-order valence-corrected chi connectivity index (χ4v) is 1.75. The van der Waals surface area contributed by atoms with Crippen molar-refractivity contribution in [3.05, 3.63) is 29.6 Å². The lowest BCUT2D eigenvalue weighted by molar-refractivity contribution is 0.0942. The van der Waals surface area contributed by atoms with Crippen molar-refractivity contribution in [1.82, 2.24) is 10.3 Å². The molecule has 0 bridgehead atoms. The Hall–Kier alpha value is -2.11. The summed E-state index contributed by atoms with van der Waals surface area (Å²) in [5.41, 5.74) is 6.90. The van der Waals surface area contributed by atoms with Gasteiger partial charge < -0.3 is 16.3 Å². The number of aryl methyl sites for hydroxylation is 1. The molecule has 1 heterocycles. The molecule has 6 nitrogen and oxygen atoms in total. The van der Waals surface area contributed by atoms with Crippen molar-refractivity contribution >= 4 is 11.7 Å². The van der Waals surface area contributed by atoms with Crippen molar-refractivity contribution in [2.75, 3.05) is 0 Å². The van der Waals surface area contributed by atoms with Gasteiger partial charge in [0.1, 0.15) is 0 Å². The summed E-state index contributed by atoms with van der Waals surface area (Å²) in [5, 5.41) is 14.4. The number of nitrogens with zero attached hydrogens (tertiary/aromatic N) is 2. The van der Waals surface area contributed by atoms with Crippen LogP contribution in [-0.2, 0) is 0 Å². The van der Waals surface area contributed by atoms with Crippen molar-refractivity contribution in [3.8, 4) is 0 Å². The molecule has 6 heteroatoms. The predicted octanol–water partition coefficient (Wildman–Crippen LogP) is 0.645. The molecule has 4 N–H and O–H groups in total. The summed E-state index contributed by atoms with van der Waals surface area (Å²) in [4.78, 5) is 16.0. The van der Waals surface area contributed by atoms with Crippen LogP contribution in [0.15, 0.2) is 23.5 Å². The van der Waals surface area contributed by atoms with Gasteiger partial charge in [-0.3, -0.25) is 9.78 Å². The Morgan fingerprint density at radius 2 is 2.33 bits per heavy atom. The third-order valence-corrected chi connectivity index (χ3v) is 2.99. The first-order valence-corrected chi connectivity index (χ1v) is 5.82. The number of hydrogen-bond acceptors (Lipinski definition) is 4. The lowest BCUT2D eigenvalue weighted by Gasteiger charge is -2.16. The number of amides is 1. The molecule has 1 saturated carbocycles. The molecule has 1 aliphatic rings. The molecule has 0 aromatic carbocycles. The Bertz CT molecular complexity index is 465. The maximum atomic E-state index is 12.0. The fourth-order valence-electron chi connectivity index (χ4n) is 1.75. The fraction of sp³-hybridized carbons (Fsp3) is 0.417. The van der Waals surface area contributed by atoms with Gasteiger partial charge in [-0.2, -0.15) is 0 Å². The molecule has 18 heavy (non-hydrogen) atoms. The molecule has 1 aliphatic carbocycles. The molecule has 96 valence electrons. The first-order valence-electron chi connectivity index (χ1n) is 5.82. The summed E-state index contributed by atoms with van der Waals surface area (Å²) in [6.45, 7) is 1.85. The van der Waals surface area contributed by atoms with Gasteiger partial charge in [0.05, 0.1) is 11.6 Å². The van der Waals surface area contributed by atoms with E-state index in [2.05, 4.69) is 15.5 Å². The zero-order valence-electron chi connectivity index (χ0n) is 10.1. The minimum atomic E-state index is -0.399. The zero-order chi connectivity index (χ0) is 13.1. The van der Waals surface area contributed by atoms with Gasteiger partial charge in [0.25, 0.3) is 5.91 Å². The molecule has 0 aliphatic heterocycles. The van der Waals surface area contributed by atoms with Crippen molar-refractivity contribution in [3.63, 3.8) is 0 Å². The molecule has 1 atom stereocenters. The minimum absolute atomic E-state index is 0.0471. The molecule has 1 unspecified atom stereocenters. The molecule has 1 aromatic rings. The highest BCUT2D eigenvalue weighted by Crippen LogP contribution is 2.32. The first-order chi connectivity index (χ1) is 8.61. The number of carbonyl (C=O) groups is 1. The second kappa shape index (κ2) is 5.03. The highest BCUT2D eigenvalue weighted by Gasteiger charge is 2.35. The van der Waals surface area contributed by atoms with Crippen LogP contribution >= 0.6 is 0 Å². The lowest BCUT2D eigenvalue weighted by Crippen LogP contribution is -2.46. The topological polar surface area (TPSA) is 101 Å². The van der Waals surface area contributed by atoms with Gasteiger partial charge in [-0.15, -0.1) is 0 Å². The van der Waals surface area contributed by atoms with Gasteiger partial charge in [0.15, 0.2) is 5.84 Å². The SMILES string of the molecule is Cc1ccc(C(=O)NC(C(N)=NO)C2CC2)cn1. The van der Waals surface area contributed by atoms with Crippen LogP contribution in [0.5, 0.6) is 0 Å². The summed E-state index contributed by atoms with van der Waals surface area (Å²) < 4.78 is 0. The number of pyridine rings is 1. The second-order valence-corrected chi connectivity index (χ2v) is 4.50. The molecular formula is C12H16N4O2. The number of amidine groups is 1. The quantitative estimate of drug-likeness (QED) is 0.315. The Morgan fingerprint density at radius 1 is 1.61 bits per heavy atom. The molecule has 0 spiro atoms.